The summed E-state index contributed by atoms with van der Waals surface area (Å²) in [5, 5.41) is 5.43. The third-order valence-electron chi connectivity index (χ3n) is 4.21. The number of carbonyl (C=O) groups is 3. The Labute approximate surface area is 146 Å². The minimum atomic E-state index is -0.759. The number of likely N-dealkylation sites (tertiary alicyclic amines) is 1. The molecule has 6 nitrogen and oxygen atoms in total. The third-order valence-corrected chi connectivity index (χ3v) is 4.21. The number of anilines is 1. The maximum atomic E-state index is 13.1. The third kappa shape index (κ3) is 5.01. The molecule has 0 aliphatic carbocycles. The van der Waals surface area contributed by atoms with E-state index >= 15 is 0 Å². The molecule has 136 valence electrons. The average Bonchev–Trinajstić information content (AvgIpc) is 2.56. The number of hydrogen-bond acceptors (Lipinski definition) is 3. The lowest BCUT2D eigenvalue weighted by Crippen LogP contribution is -2.52. The van der Waals surface area contributed by atoms with Gasteiger partial charge in [-0.3, -0.25) is 14.4 Å². The van der Waals surface area contributed by atoms with Gasteiger partial charge in [-0.15, -0.1) is 0 Å². The zero-order valence-corrected chi connectivity index (χ0v) is 14.8. The van der Waals surface area contributed by atoms with Crippen molar-refractivity contribution >= 4 is 23.4 Å². The van der Waals surface area contributed by atoms with Gasteiger partial charge in [-0.05, 0) is 43.5 Å². The second kappa shape index (κ2) is 8.09. The van der Waals surface area contributed by atoms with E-state index in [1.165, 1.54) is 23.1 Å². The van der Waals surface area contributed by atoms with Gasteiger partial charge in [-0.25, -0.2) is 4.39 Å². The van der Waals surface area contributed by atoms with E-state index in [1.54, 1.807) is 20.8 Å². The summed E-state index contributed by atoms with van der Waals surface area (Å²) >= 11 is 0. The van der Waals surface area contributed by atoms with E-state index in [2.05, 4.69) is 10.6 Å². The van der Waals surface area contributed by atoms with Crippen LogP contribution in [0.2, 0.25) is 0 Å². The molecule has 1 fully saturated rings. The molecule has 0 radical (unpaired) electrons. The van der Waals surface area contributed by atoms with Gasteiger partial charge in [0.1, 0.15) is 5.82 Å². The molecule has 1 aliphatic heterocycles. The highest BCUT2D eigenvalue weighted by Crippen LogP contribution is 2.17. The first-order valence-electron chi connectivity index (χ1n) is 8.44. The van der Waals surface area contributed by atoms with E-state index in [0.717, 1.165) is 12.8 Å². The zero-order chi connectivity index (χ0) is 18.6. The maximum Gasteiger partial charge on any atom is 0.313 e. The largest absolute Gasteiger partial charge is 0.351 e. The number of aryl methyl sites for hydroxylation is 1. The van der Waals surface area contributed by atoms with Gasteiger partial charge in [0.2, 0.25) is 5.91 Å². The molecule has 2 N–H and O–H groups in total. The van der Waals surface area contributed by atoms with Crippen molar-refractivity contribution in [3.05, 3.63) is 29.6 Å². The number of hydrogen-bond donors (Lipinski definition) is 2. The van der Waals surface area contributed by atoms with Crippen LogP contribution in [0.4, 0.5) is 10.1 Å². The highest BCUT2D eigenvalue weighted by Gasteiger charge is 2.29. The Morgan fingerprint density at radius 3 is 2.64 bits per heavy atom. The fourth-order valence-electron chi connectivity index (χ4n) is 2.73. The number of carbonyl (C=O) groups excluding carboxylic acids is 3. The Bertz CT molecular complexity index is 676. The molecule has 0 bridgehead atoms. The summed E-state index contributed by atoms with van der Waals surface area (Å²) in [7, 11) is 0. The van der Waals surface area contributed by atoms with Gasteiger partial charge in [0.05, 0.1) is 0 Å². The molecule has 1 aromatic rings. The fraction of sp³-hybridized carbons (Fsp3) is 0.500. The number of amides is 3. The summed E-state index contributed by atoms with van der Waals surface area (Å²) < 4.78 is 13.1. The second-order valence-electron chi connectivity index (χ2n) is 6.67. The Hall–Kier alpha value is -2.44. The van der Waals surface area contributed by atoms with Crippen molar-refractivity contribution in [3.8, 4) is 0 Å². The Morgan fingerprint density at radius 2 is 2.00 bits per heavy atom. The first-order valence-corrected chi connectivity index (χ1v) is 8.44. The number of nitrogens with zero attached hydrogens (tertiary/aromatic N) is 1. The molecule has 1 saturated heterocycles. The van der Waals surface area contributed by atoms with Crippen molar-refractivity contribution < 1.29 is 18.8 Å². The fourth-order valence-corrected chi connectivity index (χ4v) is 2.73. The van der Waals surface area contributed by atoms with Crippen LogP contribution in [-0.4, -0.2) is 41.8 Å². The van der Waals surface area contributed by atoms with Crippen LogP contribution in [-0.2, 0) is 14.4 Å². The summed E-state index contributed by atoms with van der Waals surface area (Å²) in [6.07, 6.45) is 1.50. The Morgan fingerprint density at radius 1 is 1.28 bits per heavy atom. The highest BCUT2D eigenvalue weighted by atomic mass is 19.1. The molecule has 1 aromatic carbocycles. The average molecular weight is 349 g/mol. The highest BCUT2D eigenvalue weighted by molar-refractivity contribution is 6.39. The molecule has 7 heteroatoms. The van der Waals surface area contributed by atoms with Crippen molar-refractivity contribution in [2.24, 2.45) is 5.92 Å². The quantitative estimate of drug-likeness (QED) is 0.817. The second-order valence-corrected chi connectivity index (χ2v) is 6.67. The van der Waals surface area contributed by atoms with Gasteiger partial charge in [0.15, 0.2) is 0 Å². The SMILES string of the molecule is Cc1cc(F)ccc1NC(=O)C(=O)N1CCC[C@H](NC(=O)C(C)C)C1. The number of nitrogens with one attached hydrogen (secondary N) is 2. The molecular formula is C18H24FN3O3. The molecule has 1 aliphatic rings. The van der Waals surface area contributed by atoms with E-state index in [0.29, 0.717) is 24.3 Å². The normalized spacial score (nSPS) is 17.3. The van der Waals surface area contributed by atoms with Crippen LogP contribution in [0, 0.1) is 18.7 Å². The molecule has 3 amide bonds. The first-order chi connectivity index (χ1) is 11.8. The summed E-state index contributed by atoms with van der Waals surface area (Å²) in [5.41, 5.74) is 0.947. The molecule has 1 atom stereocenters. The Kier molecular flexibility index (Phi) is 6.12. The zero-order valence-electron chi connectivity index (χ0n) is 14.8. The predicted molar refractivity (Wildman–Crippen MR) is 92.3 cm³/mol. The predicted octanol–water partition coefficient (Wildman–Crippen LogP) is 1.84. The van der Waals surface area contributed by atoms with Gasteiger partial charge in [-0.1, -0.05) is 13.8 Å². The topological polar surface area (TPSA) is 78.5 Å². The standard InChI is InChI=1S/C18H24FN3O3/c1-11(2)16(23)20-14-5-4-8-22(10-14)18(25)17(24)21-15-7-6-13(19)9-12(15)3/h6-7,9,11,14H,4-5,8,10H2,1-3H3,(H,20,23)(H,21,24)/t14-/m0/s1. The van der Waals surface area contributed by atoms with Gasteiger partial charge in [0, 0.05) is 30.7 Å². The lowest BCUT2D eigenvalue weighted by Gasteiger charge is -2.33. The van der Waals surface area contributed by atoms with Gasteiger partial charge >= 0.3 is 11.8 Å². The summed E-state index contributed by atoms with van der Waals surface area (Å²) in [4.78, 5) is 37.8. The first kappa shape index (κ1) is 18.9. The Balaban J connectivity index is 1.96. The van der Waals surface area contributed by atoms with E-state index in [9.17, 15) is 18.8 Å². The van der Waals surface area contributed by atoms with Crippen LogP contribution in [0.5, 0.6) is 0 Å². The van der Waals surface area contributed by atoms with Crippen LogP contribution in [0.3, 0.4) is 0 Å². The molecule has 0 saturated carbocycles. The number of halogens is 1. The summed E-state index contributed by atoms with van der Waals surface area (Å²) in [6, 6.07) is 3.80. The van der Waals surface area contributed by atoms with E-state index < -0.39 is 17.6 Å². The molecule has 0 aromatic heterocycles. The lowest BCUT2D eigenvalue weighted by atomic mass is 10.0. The molecule has 1 heterocycles. The maximum absolute atomic E-state index is 13.1. The number of piperidine rings is 1. The van der Waals surface area contributed by atoms with Crippen LogP contribution in [0.15, 0.2) is 18.2 Å². The van der Waals surface area contributed by atoms with E-state index in [-0.39, 0.29) is 17.9 Å². The van der Waals surface area contributed by atoms with Crippen LogP contribution >= 0.6 is 0 Å². The summed E-state index contributed by atoms with van der Waals surface area (Å²) in [6.45, 7) is 6.05. The minimum absolute atomic E-state index is 0.0642. The molecule has 0 unspecified atom stereocenters. The van der Waals surface area contributed by atoms with Crippen molar-refractivity contribution in [1.29, 1.82) is 0 Å². The minimum Gasteiger partial charge on any atom is -0.351 e. The molecular weight excluding hydrogens is 325 g/mol. The molecule has 0 spiro atoms. The van der Waals surface area contributed by atoms with Gasteiger partial charge in [0.25, 0.3) is 0 Å². The summed E-state index contributed by atoms with van der Waals surface area (Å²) in [5.74, 6) is -2.00. The van der Waals surface area contributed by atoms with Crippen molar-refractivity contribution in [3.63, 3.8) is 0 Å². The smallest absolute Gasteiger partial charge is 0.313 e. The number of rotatable bonds is 3. The van der Waals surface area contributed by atoms with Gasteiger partial charge in [-0.2, -0.15) is 0 Å². The molecule has 2 rings (SSSR count). The van der Waals surface area contributed by atoms with Crippen LogP contribution in [0.25, 0.3) is 0 Å². The number of benzene rings is 1. The molecule has 25 heavy (non-hydrogen) atoms. The van der Waals surface area contributed by atoms with E-state index in [1.807, 2.05) is 0 Å². The lowest BCUT2D eigenvalue weighted by molar-refractivity contribution is -0.144. The van der Waals surface area contributed by atoms with Crippen molar-refractivity contribution in [2.75, 3.05) is 18.4 Å². The van der Waals surface area contributed by atoms with E-state index in [4.69, 9.17) is 0 Å². The van der Waals surface area contributed by atoms with Crippen molar-refractivity contribution in [2.45, 2.75) is 39.7 Å². The van der Waals surface area contributed by atoms with Crippen molar-refractivity contribution in [1.82, 2.24) is 10.2 Å². The monoisotopic (exact) mass is 349 g/mol. The van der Waals surface area contributed by atoms with Crippen LogP contribution < -0.4 is 10.6 Å². The van der Waals surface area contributed by atoms with Gasteiger partial charge < -0.3 is 15.5 Å². The van der Waals surface area contributed by atoms with Crippen LogP contribution in [0.1, 0.15) is 32.3 Å².